The van der Waals surface area contributed by atoms with Gasteiger partial charge in [0, 0.05) is 54.2 Å². The number of carbonyl (C=O) groups excluding carboxylic acids is 3. The zero-order valence-corrected chi connectivity index (χ0v) is 21.5. The molecule has 3 amide bonds. The van der Waals surface area contributed by atoms with E-state index in [1.807, 2.05) is 6.92 Å². The summed E-state index contributed by atoms with van der Waals surface area (Å²) in [6, 6.07) is -1.20. The van der Waals surface area contributed by atoms with Crippen molar-refractivity contribution in [1.29, 1.82) is 0 Å². The number of thioether (sulfide) groups is 1. The minimum absolute atomic E-state index is 0.0217. The number of fused-ring (bicyclic) bond motifs is 1. The summed E-state index contributed by atoms with van der Waals surface area (Å²) in [5.74, 6) is -2.49. The van der Waals surface area contributed by atoms with Crippen molar-refractivity contribution in [3.05, 3.63) is 10.6 Å². The number of halogens is 1. The maximum Gasteiger partial charge on any atom is 0.353 e. The number of hydrogen-bond acceptors (Lipinski definition) is 8. The Kier molecular flexibility index (Phi) is 8.22. The smallest absolute Gasteiger partial charge is 0.353 e. The summed E-state index contributed by atoms with van der Waals surface area (Å²) in [5.41, 5.74) is 0.0392. The van der Waals surface area contributed by atoms with Crippen molar-refractivity contribution in [2.24, 2.45) is 11.8 Å². The van der Waals surface area contributed by atoms with E-state index in [4.69, 9.17) is 0 Å². The van der Waals surface area contributed by atoms with E-state index in [9.17, 15) is 28.7 Å². The fourth-order valence-corrected chi connectivity index (χ4v) is 7.22. The van der Waals surface area contributed by atoms with Crippen molar-refractivity contribution in [1.82, 2.24) is 31.5 Å². The lowest BCUT2D eigenvalue weighted by molar-refractivity contribution is -0.158. The Balaban J connectivity index is 1.35. The van der Waals surface area contributed by atoms with Gasteiger partial charge in [0.2, 0.25) is 17.7 Å². The number of likely N-dealkylation sites (N-methyl/N-ethyl adjacent to an activating group) is 1. The Bertz CT molecular complexity index is 950. The fraction of sp³-hybridized carbons (Fsp3) is 0.739. The Labute approximate surface area is 213 Å². The van der Waals surface area contributed by atoms with Crippen molar-refractivity contribution in [2.45, 2.75) is 62.3 Å². The maximum atomic E-state index is 13.3. The van der Waals surface area contributed by atoms with E-state index in [1.54, 1.807) is 14.0 Å². The second-order valence-electron chi connectivity index (χ2n) is 10.0. The molecule has 3 fully saturated rings. The van der Waals surface area contributed by atoms with E-state index in [1.165, 1.54) is 16.7 Å². The monoisotopic (exact) mass is 526 g/mol. The summed E-state index contributed by atoms with van der Waals surface area (Å²) in [4.78, 5) is 51.4. The lowest BCUT2D eigenvalue weighted by Crippen LogP contribution is -2.66. The number of nitrogens with zero attached hydrogens (tertiary/aromatic N) is 1. The molecule has 36 heavy (non-hydrogen) atoms. The van der Waals surface area contributed by atoms with E-state index in [-0.39, 0.29) is 66.2 Å². The molecule has 4 heterocycles. The number of rotatable bonds is 10. The molecule has 0 aromatic heterocycles. The molecule has 1 unspecified atom stereocenters. The highest BCUT2D eigenvalue weighted by atomic mass is 32.2. The zero-order valence-electron chi connectivity index (χ0n) is 20.7. The molecule has 13 heteroatoms. The molecule has 11 nitrogen and oxygen atoms in total. The van der Waals surface area contributed by atoms with Gasteiger partial charge in [-0.3, -0.25) is 14.4 Å². The highest BCUT2D eigenvalue weighted by Gasteiger charge is 2.60. The summed E-state index contributed by atoms with van der Waals surface area (Å²) in [6.45, 7) is 5.09. The van der Waals surface area contributed by atoms with Crippen molar-refractivity contribution in [3.8, 4) is 0 Å². The van der Waals surface area contributed by atoms with Crippen LogP contribution in [0.25, 0.3) is 0 Å². The van der Waals surface area contributed by atoms with Gasteiger partial charge in [0.1, 0.15) is 11.9 Å². The van der Waals surface area contributed by atoms with Gasteiger partial charge >= 0.3 is 5.97 Å². The highest BCUT2D eigenvalue weighted by molar-refractivity contribution is 8.03. The predicted molar refractivity (Wildman–Crippen MR) is 132 cm³/mol. The molecule has 0 aliphatic carbocycles. The Hall–Kier alpha value is -2.22. The van der Waals surface area contributed by atoms with E-state index >= 15 is 0 Å². The third kappa shape index (κ3) is 5.24. The van der Waals surface area contributed by atoms with Crippen molar-refractivity contribution in [3.63, 3.8) is 0 Å². The zero-order chi connectivity index (χ0) is 26.1. The van der Waals surface area contributed by atoms with Gasteiger partial charge < -0.3 is 36.6 Å². The number of carboxylic acid groups (broad SMARTS) is 1. The van der Waals surface area contributed by atoms with E-state index in [2.05, 4.69) is 26.6 Å². The van der Waals surface area contributed by atoms with Gasteiger partial charge in [0.15, 0.2) is 0 Å². The van der Waals surface area contributed by atoms with Gasteiger partial charge in [0.05, 0.1) is 24.5 Å². The number of alkyl halides is 1. The van der Waals surface area contributed by atoms with Gasteiger partial charge in [-0.25, -0.2) is 9.18 Å². The number of amides is 3. The van der Waals surface area contributed by atoms with Gasteiger partial charge in [-0.05, 0) is 20.4 Å². The van der Waals surface area contributed by atoms with E-state index in [0.29, 0.717) is 18.0 Å². The first-order chi connectivity index (χ1) is 17.1. The number of hydrogen-bond donors (Lipinski definition) is 6. The van der Waals surface area contributed by atoms with Crippen molar-refractivity contribution >= 4 is 35.5 Å². The van der Waals surface area contributed by atoms with Crippen LogP contribution in [-0.4, -0.2) is 103 Å². The summed E-state index contributed by atoms with van der Waals surface area (Å²) >= 11 is 1.48. The largest absolute Gasteiger partial charge is 0.477 e. The predicted octanol–water partition coefficient (Wildman–Crippen LogP) is -1.24. The van der Waals surface area contributed by atoms with Gasteiger partial charge in [0.25, 0.3) is 0 Å². The lowest BCUT2D eigenvalue weighted by atomic mass is 9.78. The van der Waals surface area contributed by atoms with Crippen LogP contribution < -0.4 is 26.6 Å². The third-order valence-corrected chi connectivity index (χ3v) is 8.96. The van der Waals surface area contributed by atoms with E-state index in [0.717, 1.165) is 6.42 Å². The van der Waals surface area contributed by atoms with Crippen LogP contribution in [0.1, 0.15) is 26.7 Å². The number of nitrogens with one attached hydrogen (secondary N) is 5. The fourth-order valence-electron chi connectivity index (χ4n) is 5.70. The topological polar surface area (TPSA) is 152 Å². The summed E-state index contributed by atoms with van der Waals surface area (Å²) in [7, 11) is 1.66. The molecule has 4 rings (SSSR count). The van der Waals surface area contributed by atoms with Crippen LogP contribution in [0.3, 0.4) is 0 Å². The van der Waals surface area contributed by atoms with Gasteiger partial charge in [-0.1, -0.05) is 6.92 Å². The quantitative estimate of drug-likeness (QED) is 0.192. The number of aliphatic carboxylic acids is 1. The second-order valence-corrected chi connectivity index (χ2v) is 11.4. The molecule has 3 saturated heterocycles. The molecule has 4 aliphatic heterocycles. The third-order valence-electron chi connectivity index (χ3n) is 7.45. The molecule has 0 aromatic rings. The van der Waals surface area contributed by atoms with Crippen molar-refractivity contribution in [2.75, 3.05) is 33.2 Å². The van der Waals surface area contributed by atoms with Gasteiger partial charge in [-0.2, -0.15) is 0 Å². The molecule has 200 valence electrons. The first kappa shape index (κ1) is 26.8. The van der Waals surface area contributed by atoms with E-state index < -0.39 is 30.1 Å². The Morgan fingerprint density at radius 3 is 2.64 bits per heavy atom. The Morgan fingerprint density at radius 1 is 1.25 bits per heavy atom. The first-order valence-corrected chi connectivity index (χ1v) is 13.3. The maximum absolute atomic E-state index is 13.3. The average Bonchev–Trinajstić information content (AvgIpc) is 3.50. The SMILES string of the molecule is CNCC(=O)N[C@H](C)[C@H]1C(=O)N2C(C(=O)O)=C(S[C@@H]3CN[C@H](CNC(=O)C4C[C@H](F)CN4)C3)[C@H](C)[C@H]12. The van der Waals surface area contributed by atoms with Crippen LogP contribution in [0.5, 0.6) is 0 Å². The average molecular weight is 527 g/mol. The number of β-lactam (4-membered cyclic amide) rings is 1. The van der Waals surface area contributed by atoms with Crippen LogP contribution in [0.15, 0.2) is 10.6 Å². The summed E-state index contributed by atoms with van der Waals surface area (Å²) < 4.78 is 13.3. The minimum Gasteiger partial charge on any atom is -0.477 e. The Morgan fingerprint density at radius 2 is 2.00 bits per heavy atom. The molecule has 4 aliphatic rings. The van der Waals surface area contributed by atoms with Crippen LogP contribution in [0.4, 0.5) is 4.39 Å². The molecule has 0 saturated carbocycles. The molecule has 0 radical (unpaired) electrons. The molecular formula is C23H35FN6O5S. The number of carboxylic acids is 1. The van der Waals surface area contributed by atoms with Crippen LogP contribution in [-0.2, 0) is 19.2 Å². The molecule has 0 aromatic carbocycles. The standard InChI is InChI=1S/C23H35FN6O5S/c1-10-18-17(11(2)29-16(31)9-25-3)22(33)30(18)19(23(34)35)20(10)36-14-5-13(26-8-14)7-28-21(32)15-4-12(24)6-27-15/h10-15,17-18,25-27H,4-9H2,1-3H3,(H,28,32)(H,29,31)(H,34,35)/t10-,11-,12+,13+,14+,15?,17-,18-/m1/s1. The summed E-state index contributed by atoms with van der Waals surface area (Å²) in [5, 5.41) is 24.7. The minimum atomic E-state index is -1.13. The second kappa shape index (κ2) is 11.0. The van der Waals surface area contributed by atoms with Crippen LogP contribution in [0, 0.1) is 11.8 Å². The van der Waals surface area contributed by atoms with Gasteiger partial charge in [-0.15, -0.1) is 11.8 Å². The van der Waals surface area contributed by atoms with Crippen LogP contribution in [0.2, 0.25) is 0 Å². The molecule has 0 bridgehead atoms. The normalized spacial score (nSPS) is 34.4. The van der Waals surface area contributed by atoms with Crippen molar-refractivity contribution < 1.29 is 28.7 Å². The lowest BCUT2D eigenvalue weighted by Gasteiger charge is -2.47. The highest BCUT2D eigenvalue weighted by Crippen LogP contribution is 2.51. The molecule has 6 N–H and O–H groups in total. The molecular weight excluding hydrogens is 491 g/mol. The molecule has 0 spiro atoms. The molecule has 8 atom stereocenters. The number of carbonyl (C=O) groups is 4. The van der Waals surface area contributed by atoms with Crippen LogP contribution >= 0.6 is 11.8 Å². The summed E-state index contributed by atoms with van der Waals surface area (Å²) in [6.07, 6.45) is -0.0979. The first-order valence-electron chi connectivity index (χ1n) is 12.4.